The molecule has 0 saturated heterocycles. The van der Waals surface area contributed by atoms with Gasteiger partial charge in [0.05, 0.1) is 6.61 Å². The summed E-state index contributed by atoms with van der Waals surface area (Å²) in [5.74, 6) is -0.695. The molecule has 0 rings (SSSR count). The minimum absolute atomic E-state index is 0.135. The Labute approximate surface area is 152 Å². The van der Waals surface area contributed by atoms with E-state index >= 15 is 0 Å². The van der Waals surface area contributed by atoms with Crippen LogP contribution in [0.3, 0.4) is 0 Å². The Hall–Kier alpha value is -1.41. The van der Waals surface area contributed by atoms with Crippen molar-refractivity contribution >= 4 is 26.7 Å². The lowest BCUT2D eigenvalue weighted by Crippen LogP contribution is -2.55. The Morgan fingerprint density at radius 3 is 2.00 bits per heavy atom. The molecule has 146 valence electrons. The second kappa shape index (κ2) is 8.80. The molecule has 0 aliphatic rings. The van der Waals surface area contributed by atoms with Crippen LogP contribution in [0.5, 0.6) is 0 Å². The average molecular weight is 376 g/mol. The SMILES string of the molecule is CCOC(=O)[C@H](CC=O)N(O[Si](C)(C)C(C)(C)C)C(=O)OC(C)(C)C. The molecule has 7 nitrogen and oxygen atoms in total. The third-order valence-electron chi connectivity index (χ3n) is 3.87. The summed E-state index contributed by atoms with van der Waals surface area (Å²) < 4.78 is 16.4. The van der Waals surface area contributed by atoms with Gasteiger partial charge < -0.3 is 18.8 Å². The number of hydroxylamine groups is 2. The van der Waals surface area contributed by atoms with Gasteiger partial charge in [-0.3, -0.25) is 0 Å². The molecule has 25 heavy (non-hydrogen) atoms. The maximum atomic E-state index is 12.7. The zero-order valence-corrected chi connectivity index (χ0v) is 18.0. The highest BCUT2D eigenvalue weighted by atomic mass is 28.4. The van der Waals surface area contributed by atoms with Crippen LogP contribution < -0.4 is 0 Å². The number of hydrogen-bond acceptors (Lipinski definition) is 6. The minimum Gasteiger partial charge on any atom is -0.464 e. The summed E-state index contributed by atoms with van der Waals surface area (Å²) in [6.07, 6.45) is -0.474. The largest absolute Gasteiger partial charge is 0.464 e. The van der Waals surface area contributed by atoms with Crippen LogP contribution in [0, 0.1) is 0 Å². The van der Waals surface area contributed by atoms with E-state index in [4.69, 9.17) is 14.0 Å². The molecule has 0 saturated carbocycles. The van der Waals surface area contributed by atoms with E-state index in [1.807, 2.05) is 33.9 Å². The van der Waals surface area contributed by atoms with E-state index in [0.717, 1.165) is 5.06 Å². The Morgan fingerprint density at radius 1 is 1.12 bits per heavy atom. The van der Waals surface area contributed by atoms with Crippen LogP contribution in [-0.4, -0.2) is 50.0 Å². The van der Waals surface area contributed by atoms with Crippen molar-refractivity contribution in [2.75, 3.05) is 6.61 Å². The van der Waals surface area contributed by atoms with Gasteiger partial charge in [0.2, 0.25) is 8.32 Å². The number of amides is 1. The third-order valence-corrected chi connectivity index (χ3v) is 8.13. The van der Waals surface area contributed by atoms with Gasteiger partial charge in [-0.25, -0.2) is 9.59 Å². The van der Waals surface area contributed by atoms with Crippen molar-refractivity contribution in [3.8, 4) is 0 Å². The van der Waals surface area contributed by atoms with Gasteiger partial charge >= 0.3 is 12.1 Å². The van der Waals surface area contributed by atoms with Gasteiger partial charge in [0.1, 0.15) is 11.9 Å². The molecular formula is C17H33NO6Si. The van der Waals surface area contributed by atoms with Crippen LogP contribution in [0.15, 0.2) is 0 Å². The monoisotopic (exact) mass is 375 g/mol. The molecule has 0 bridgehead atoms. The highest BCUT2D eigenvalue weighted by Crippen LogP contribution is 2.38. The van der Waals surface area contributed by atoms with Crippen LogP contribution in [0.2, 0.25) is 18.1 Å². The molecule has 1 amide bonds. The van der Waals surface area contributed by atoms with E-state index in [1.54, 1.807) is 27.7 Å². The number of ether oxygens (including phenoxy) is 2. The Morgan fingerprint density at radius 2 is 1.64 bits per heavy atom. The molecule has 0 spiro atoms. The normalized spacial score (nSPS) is 13.8. The van der Waals surface area contributed by atoms with Crippen LogP contribution in [0.1, 0.15) is 54.9 Å². The predicted octanol–water partition coefficient (Wildman–Crippen LogP) is 3.68. The summed E-state index contributed by atoms with van der Waals surface area (Å²) in [5.41, 5.74) is -0.771. The van der Waals surface area contributed by atoms with Crippen LogP contribution in [0.4, 0.5) is 4.79 Å². The summed E-state index contributed by atoms with van der Waals surface area (Å²) in [7, 11) is -2.47. The van der Waals surface area contributed by atoms with Gasteiger partial charge in [-0.05, 0) is 45.8 Å². The molecule has 0 aromatic rings. The number of rotatable bonds is 7. The van der Waals surface area contributed by atoms with Crippen molar-refractivity contribution in [3.05, 3.63) is 0 Å². The van der Waals surface area contributed by atoms with Crippen molar-refractivity contribution in [2.24, 2.45) is 0 Å². The fourth-order valence-corrected chi connectivity index (χ4v) is 2.50. The van der Waals surface area contributed by atoms with Crippen molar-refractivity contribution in [2.45, 2.75) is 84.7 Å². The maximum Gasteiger partial charge on any atom is 0.434 e. The van der Waals surface area contributed by atoms with Crippen molar-refractivity contribution in [1.82, 2.24) is 5.06 Å². The molecule has 8 heteroatoms. The molecule has 0 aliphatic heterocycles. The van der Waals surface area contributed by atoms with Crippen LogP contribution in [0.25, 0.3) is 0 Å². The summed E-state index contributed by atoms with van der Waals surface area (Å²) in [5, 5.41) is 0.683. The lowest BCUT2D eigenvalue weighted by atomic mass is 10.2. The molecule has 0 unspecified atom stereocenters. The second-order valence-corrected chi connectivity index (χ2v) is 13.0. The first kappa shape index (κ1) is 23.6. The van der Waals surface area contributed by atoms with Gasteiger partial charge in [-0.1, -0.05) is 20.8 Å². The van der Waals surface area contributed by atoms with E-state index in [1.165, 1.54) is 0 Å². The van der Waals surface area contributed by atoms with Crippen molar-refractivity contribution in [3.63, 3.8) is 0 Å². The molecule has 0 heterocycles. The van der Waals surface area contributed by atoms with Crippen molar-refractivity contribution in [1.29, 1.82) is 0 Å². The highest BCUT2D eigenvalue weighted by Gasteiger charge is 2.45. The zero-order chi connectivity index (χ0) is 20.1. The molecule has 0 N–H and O–H groups in total. The standard InChI is InChI=1S/C17H33NO6Si/c1-10-22-14(20)13(11-12-19)18(15(21)23-16(2,3)4)24-25(8,9)17(5,6)7/h12-13H,10-11H2,1-9H3/t13-/m0/s1. The van der Waals surface area contributed by atoms with Crippen LogP contribution in [-0.2, 0) is 23.6 Å². The Kier molecular flexibility index (Phi) is 8.30. The number of nitrogens with zero attached hydrogens (tertiary/aromatic N) is 1. The molecular weight excluding hydrogens is 342 g/mol. The van der Waals surface area contributed by atoms with Gasteiger partial charge in [0, 0.05) is 6.42 Å². The predicted molar refractivity (Wildman–Crippen MR) is 97.5 cm³/mol. The average Bonchev–Trinajstić information content (AvgIpc) is 2.39. The quantitative estimate of drug-likeness (QED) is 0.292. The fourth-order valence-electron chi connectivity index (χ4n) is 1.54. The first-order valence-corrected chi connectivity index (χ1v) is 11.4. The molecule has 1 atom stereocenters. The summed E-state index contributed by atoms with van der Waals surface area (Å²) in [4.78, 5) is 36.0. The lowest BCUT2D eigenvalue weighted by Gasteiger charge is -2.41. The number of carbonyl (C=O) groups excluding carboxylic acids is 3. The molecule has 0 aliphatic carbocycles. The third kappa shape index (κ3) is 7.56. The van der Waals surface area contributed by atoms with E-state index in [2.05, 4.69) is 0 Å². The van der Waals surface area contributed by atoms with Crippen LogP contribution >= 0.6 is 0 Å². The minimum atomic E-state index is -2.47. The van der Waals surface area contributed by atoms with E-state index < -0.39 is 32.0 Å². The van der Waals surface area contributed by atoms with E-state index in [0.29, 0.717) is 6.29 Å². The highest BCUT2D eigenvalue weighted by molar-refractivity contribution is 6.74. The number of aldehydes is 1. The maximum absolute atomic E-state index is 12.7. The second-order valence-electron chi connectivity index (χ2n) is 8.33. The van der Waals surface area contributed by atoms with E-state index in [9.17, 15) is 14.4 Å². The fraction of sp³-hybridized carbons (Fsp3) is 0.824. The Balaban J connectivity index is 5.81. The summed E-state index contributed by atoms with van der Waals surface area (Å²) in [6.45, 7) is 16.8. The smallest absolute Gasteiger partial charge is 0.434 e. The zero-order valence-electron chi connectivity index (χ0n) is 17.0. The molecule has 0 aromatic heterocycles. The van der Waals surface area contributed by atoms with Crippen molar-refractivity contribution < 1.29 is 28.4 Å². The van der Waals surface area contributed by atoms with Gasteiger partial charge in [0.15, 0.2) is 6.04 Å². The lowest BCUT2D eigenvalue weighted by molar-refractivity contribution is -0.167. The molecule has 0 aromatic carbocycles. The summed E-state index contributed by atoms with van der Waals surface area (Å²) in [6, 6.07) is -1.18. The van der Waals surface area contributed by atoms with Gasteiger partial charge in [-0.2, -0.15) is 5.06 Å². The number of hydrogen-bond donors (Lipinski definition) is 0. The van der Waals surface area contributed by atoms with E-state index in [-0.39, 0.29) is 18.1 Å². The first-order valence-electron chi connectivity index (χ1n) is 8.48. The first-order chi connectivity index (χ1) is 11.2. The Bertz CT molecular complexity index is 479. The van der Waals surface area contributed by atoms with Gasteiger partial charge in [-0.15, -0.1) is 0 Å². The van der Waals surface area contributed by atoms with Gasteiger partial charge in [0.25, 0.3) is 0 Å². The topological polar surface area (TPSA) is 82.1 Å². The number of esters is 1. The number of carbonyl (C=O) groups is 3. The summed E-state index contributed by atoms with van der Waals surface area (Å²) >= 11 is 0. The molecule has 0 fully saturated rings. The molecule has 0 radical (unpaired) electrons.